The fraction of sp³-hybridized carbons (Fsp3) is 0.444. The van der Waals surface area contributed by atoms with Gasteiger partial charge in [-0.25, -0.2) is 4.98 Å². The Bertz CT molecular complexity index is 598. The number of rotatable bonds is 5. The molecule has 20 heavy (non-hydrogen) atoms. The van der Waals surface area contributed by atoms with E-state index in [0.29, 0.717) is 0 Å². The maximum absolute atomic E-state index is 11.5. The van der Waals surface area contributed by atoms with Crippen molar-refractivity contribution in [2.75, 3.05) is 18.9 Å². The fourth-order valence-electron chi connectivity index (χ4n) is 1.41. The Balaban J connectivity index is 0.00000180. The average molecular weight is 333 g/mol. The monoisotopic (exact) mass is 333 g/mol. The maximum atomic E-state index is 11.5. The molecule has 0 aliphatic rings. The van der Waals surface area contributed by atoms with Crippen LogP contribution in [0.3, 0.4) is 0 Å². The molecule has 0 saturated carbocycles. The summed E-state index contributed by atoms with van der Waals surface area (Å²) in [6, 6.07) is 0. The molecular weight excluding hydrogens is 320 g/mol. The molecule has 0 bridgehead atoms. The van der Waals surface area contributed by atoms with E-state index in [-0.39, 0.29) is 140 Å². The Labute approximate surface area is 199 Å². The third-order valence-electron chi connectivity index (χ3n) is 2.35. The molecule has 0 unspecified atom stereocenters. The molecular formula is C9H13K2N5O4. The molecule has 0 amide bonds. The van der Waals surface area contributed by atoms with Gasteiger partial charge >= 0.3 is 0 Å². The number of nitrogens with two attached hydrogens (primary N) is 1. The van der Waals surface area contributed by atoms with Gasteiger partial charge < -0.3 is 20.7 Å². The Morgan fingerprint density at radius 2 is 2.05 bits per heavy atom. The number of nitrogens with zero attached hydrogens (tertiary/aromatic N) is 3. The molecule has 11 heteroatoms. The van der Waals surface area contributed by atoms with Crippen LogP contribution in [-0.2, 0) is 11.5 Å². The smallest absolute Gasteiger partial charge is 0.280 e. The molecule has 2 radical (unpaired) electrons. The summed E-state index contributed by atoms with van der Waals surface area (Å²) in [4.78, 5) is 21.6. The first-order valence-corrected chi connectivity index (χ1v) is 5.19. The van der Waals surface area contributed by atoms with Crippen molar-refractivity contribution in [1.82, 2.24) is 19.5 Å². The van der Waals surface area contributed by atoms with E-state index in [0.717, 1.165) is 0 Å². The maximum Gasteiger partial charge on any atom is 0.280 e. The van der Waals surface area contributed by atoms with Crippen molar-refractivity contribution in [3.8, 4) is 0 Å². The zero-order valence-corrected chi connectivity index (χ0v) is 17.7. The van der Waals surface area contributed by atoms with Crippen LogP contribution in [0.15, 0.2) is 11.1 Å². The number of nitrogen functional groups attached to an aromatic ring is 1. The van der Waals surface area contributed by atoms with Crippen molar-refractivity contribution in [2.24, 2.45) is 0 Å². The van der Waals surface area contributed by atoms with Crippen LogP contribution in [0, 0.1) is 0 Å². The van der Waals surface area contributed by atoms with Crippen LogP contribution in [0.25, 0.3) is 11.2 Å². The summed E-state index contributed by atoms with van der Waals surface area (Å²) in [7, 11) is 0. The van der Waals surface area contributed by atoms with Crippen LogP contribution in [0.1, 0.15) is 0 Å². The normalized spacial score (nSPS) is 10.3. The third-order valence-corrected chi connectivity index (χ3v) is 2.35. The number of imidazole rings is 1. The van der Waals surface area contributed by atoms with Gasteiger partial charge in [0.1, 0.15) is 12.8 Å². The number of aliphatic hydroxyl groups excluding tert-OH is 2. The van der Waals surface area contributed by atoms with Gasteiger partial charge in [-0.15, -0.1) is 0 Å². The van der Waals surface area contributed by atoms with E-state index in [1.807, 2.05) is 0 Å². The largest absolute Gasteiger partial charge is 0.394 e. The van der Waals surface area contributed by atoms with Gasteiger partial charge in [0.05, 0.1) is 19.5 Å². The van der Waals surface area contributed by atoms with Crippen LogP contribution in [-0.4, -0.2) is 152 Å². The van der Waals surface area contributed by atoms with Crippen molar-refractivity contribution in [3.05, 3.63) is 16.7 Å². The Morgan fingerprint density at radius 1 is 1.40 bits per heavy atom. The first-order valence-electron chi connectivity index (χ1n) is 5.19. The minimum Gasteiger partial charge on any atom is -0.394 e. The van der Waals surface area contributed by atoms with E-state index < -0.39 is 11.7 Å². The number of aliphatic hydroxyl groups is 2. The molecule has 0 aromatic carbocycles. The molecule has 0 atom stereocenters. The summed E-state index contributed by atoms with van der Waals surface area (Å²) in [5.74, 6) is -0.0184. The van der Waals surface area contributed by atoms with Crippen molar-refractivity contribution < 1.29 is 14.9 Å². The van der Waals surface area contributed by atoms with Crippen LogP contribution in [0.2, 0.25) is 0 Å². The molecule has 2 heterocycles. The van der Waals surface area contributed by atoms with Crippen molar-refractivity contribution >= 4 is 120 Å². The van der Waals surface area contributed by atoms with Crippen LogP contribution in [0.4, 0.5) is 5.95 Å². The molecule has 9 nitrogen and oxygen atoms in total. The summed E-state index contributed by atoms with van der Waals surface area (Å²) in [6.45, 7) is -0.614. The zero-order chi connectivity index (χ0) is 13.1. The van der Waals surface area contributed by atoms with Gasteiger partial charge in [-0.2, -0.15) is 4.98 Å². The number of nitrogens with one attached hydrogen (secondary N) is 1. The zero-order valence-electron chi connectivity index (χ0n) is 11.4. The van der Waals surface area contributed by atoms with Gasteiger partial charge in [-0.1, -0.05) is 0 Å². The number of ether oxygens (including phenoxy) is 1. The molecule has 5 N–H and O–H groups in total. The average Bonchev–Trinajstić information content (AvgIpc) is 2.74. The van der Waals surface area contributed by atoms with Crippen LogP contribution in [0.5, 0.6) is 0 Å². The molecule has 0 saturated heterocycles. The van der Waals surface area contributed by atoms with Gasteiger partial charge in [0.15, 0.2) is 11.2 Å². The summed E-state index contributed by atoms with van der Waals surface area (Å²) < 4.78 is 6.66. The van der Waals surface area contributed by atoms with E-state index in [1.54, 1.807) is 0 Å². The summed E-state index contributed by atoms with van der Waals surface area (Å²) in [5.41, 5.74) is 5.43. The molecule has 100 valence electrons. The standard InChI is InChI=1S/C9H13N5O4.2K/c10-9-12-7-6(8(17)13-9)11-3-14(7)4-18-5(1-15)2-16;;/h3,5,15-16H,1-2,4H2,(H3,10,12,13,17);;. The molecule has 0 spiro atoms. The van der Waals surface area contributed by atoms with E-state index in [2.05, 4.69) is 15.0 Å². The van der Waals surface area contributed by atoms with Gasteiger partial charge in [-0.3, -0.25) is 14.3 Å². The topological polar surface area (TPSA) is 139 Å². The second-order valence-electron chi connectivity index (χ2n) is 3.62. The van der Waals surface area contributed by atoms with Crippen molar-refractivity contribution in [1.29, 1.82) is 0 Å². The van der Waals surface area contributed by atoms with E-state index in [1.165, 1.54) is 10.9 Å². The second kappa shape index (κ2) is 10.1. The summed E-state index contributed by atoms with van der Waals surface area (Å²) in [6.07, 6.45) is 0.680. The van der Waals surface area contributed by atoms with Gasteiger partial charge in [0.2, 0.25) is 5.95 Å². The molecule has 0 aliphatic carbocycles. The molecule has 2 rings (SSSR count). The number of anilines is 1. The molecule has 2 aromatic heterocycles. The number of aromatic amines is 1. The minimum absolute atomic E-state index is 0. The SMILES string of the molecule is Nc1nc2c(ncn2COC(CO)CO)c(=O)[nH]1.[K].[K]. The summed E-state index contributed by atoms with van der Waals surface area (Å²) >= 11 is 0. The van der Waals surface area contributed by atoms with E-state index in [4.69, 9.17) is 20.7 Å². The van der Waals surface area contributed by atoms with Gasteiger partial charge in [-0.05, 0) is 0 Å². The van der Waals surface area contributed by atoms with Crippen LogP contribution >= 0.6 is 0 Å². The first-order chi connectivity index (χ1) is 8.65. The molecule has 0 fully saturated rings. The first kappa shape index (κ1) is 21.3. The Hall–Kier alpha value is 1.30. The van der Waals surface area contributed by atoms with Crippen molar-refractivity contribution in [3.63, 3.8) is 0 Å². The number of hydrogen-bond acceptors (Lipinski definition) is 7. The minimum atomic E-state index is -0.693. The number of H-pyrrole nitrogens is 1. The second-order valence-corrected chi connectivity index (χ2v) is 3.62. The van der Waals surface area contributed by atoms with Crippen LogP contribution < -0.4 is 11.3 Å². The molecule has 0 aliphatic heterocycles. The third kappa shape index (κ3) is 5.19. The quantitative estimate of drug-likeness (QED) is 0.436. The van der Waals surface area contributed by atoms with Gasteiger partial charge in [0.25, 0.3) is 5.56 Å². The predicted octanol–water partition coefficient (Wildman–Crippen LogP) is -2.73. The number of hydrogen-bond donors (Lipinski definition) is 4. The van der Waals surface area contributed by atoms with Gasteiger partial charge in [0, 0.05) is 103 Å². The van der Waals surface area contributed by atoms with E-state index >= 15 is 0 Å². The molecule has 2 aromatic rings. The predicted molar refractivity (Wildman–Crippen MR) is 73.1 cm³/mol. The Kier molecular flexibility index (Phi) is 10.8. The number of aromatic nitrogens is 4. The summed E-state index contributed by atoms with van der Waals surface area (Å²) in [5, 5.41) is 17.7. The van der Waals surface area contributed by atoms with E-state index in [9.17, 15) is 4.79 Å². The number of fused-ring (bicyclic) bond motifs is 1. The van der Waals surface area contributed by atoms with Crippen molar-refractivity contribution in [2.45, 2.75) is 12.8 Å². The Morgan fingerprint density at radius 3 is 2.65 bits per heavy atom. The fourth-order valence-corrected chi connectivity index (χ4v) is 1.41.